The summed E-state index contributed by atoms with van der Waals surface area (Å²) in [6.07, 6.45) is 0. The van der Waals surface area contributed by atoms with Crippen molar-refractivity contribution in [2.45, 2.75) is 19.9 Å². The third-order valence-corrected chi connectivity index (χ3v) is 5.37. The maximum absolute atomic E-state index is 12.9. The number of hydrazone groups is 1. The van der Waals surface area contributed by atoms with Gasteiger partial charge in [-0.3, -0.25) is 4.79 Å². The van der Waals surface area contributed by atoms with E-state index in [-0.39, 0.29) is 5.91 Å². The molecular formula is C21H19N5O2S. The van der Waals surface area contributed by atoms with E-state index in [0.29, 0.717) is 10.8 Å². The summed E-state index contributed by atoms with van der Waals surface area (Å²) in [6.45, 7) is 3.73. The second kappa shape index (κ2) is 7.92. The van der Waals surface area contributed by atoms with E-state index in [2.05, 4.69) is 20.3 Å². The van der Waals surface area contributed by atoms with Crippen molar-refractivity contribution in [3.8, 4) is 17.0 Å². The SMILES string of the molecule is COc1ccc(-c2csc(N3N=C(C)C(N=Nc4ccccc4C)C3=O)n2)cc1. The van der Waals surface area contributed by atoms with Crippen LogP contribution in [0.2, 0.25) is 0 Å². The number of hydrogen-bond acceptors (Lipinski definition) is 7. The molecule has 1 unspecified atom stereocenters. The molecule has 1 atom stereocenters. The van der Waals surface area contributed by atoms with Gasteiger partial charge in [0.15, 0.2) is 6.04 Å². The quantitative estimate of drug-likeness (QED) is 0.560. The average Bonchev–Trinajstić information content (AvgIpc) is 3.33. The maximum Gasteiger partial charge on any atom is 0.282 e. The molecule has 29 heavy (non-hydrogen) atoms. The van der Waals surface area contributed by atoms with Crippen LogP contribution in [0.5, 0.6) is 5.75 Å². The number of azo groups is 1. The average molecular weight is 405 g/mol. The van der Waals surface area contributed by atoms with Gasteiger partial charge in [-0.1, -0.05) is 18.2 Å². The zero-order valence-corrected chi connectivity index (χ0v) is 17.1. The molecule has 2 heterocycles. The second-order valence-corrected chi connectivity index (χ2v) is 7.38. The number of thiazole rings is 1. The Kier molecular flexibility index (Phi) is 5.18. The lowest BCUT2D eigenvalue weighted by molar-refractivity contribution is -0.117. The summed E-state index contributed by atoms with van der Waals surface area (Å²) in [5.74, 6) is 0.525. The van der Waals surface area contributed by atoms with Gasteiger partial charge in [-0.05, 0) is 49.7 Å². The van der Waals surface area contributed by atoms with Crippen LogP contribution in [-0.2, 0) is 4.79 Å². The van der Waals surface area contributed by atoms with Gasteiger partial charge in [0.1, 0.15) is 5.75 Å². The fourth-order valence-electron chi connectivity index (χ4n) is 2.88. The number of nitrogens with zero attached hydrogens (tertiary/aromatic N) is 5. The predicted molar refractivity (Wildman–Crippen MR) is 114 cm³/mol. The molecule has 1 amide bonds. The lowest BCUT2D eigenvalue weighted by atomic mass is 10.2. The smallest absolute Gasteiger partial charge is 0.282 e. The molecule has 0 saturated carbocycles. The van der Waals surface area contributed by atoms with Crippen LogP contribution >= 0.6 is 11.3 Å². The van der Waals surface area contributed by atoms with Gasteiger partial charge in [0, 0.05) is 10.9 Å². The van der Waals surface area contributed by atoms with Gasteiger partial charge in [0.25, 0.3) is 5.91 Å². The molecule has 0 bridgehead atoms. The molecule has 3 aromatic rings. The molecule has 0 saturated heterocycles. The highest BCUT2D eigenvalue weighted by Crippen LogP contribution is 2.31. The fraction of sp³-hybridized carbons (Fsp3) is 0.190. The molecule has 7 nitrogen and oxygen atoms in total. The van der Waals surface area contributed by atoms with Gasteiger partial charge >= 0.3 is 0 Å². The first-order valence-electron chi connectivity index (χ1n) is 9.02. The molecule has 0 fully saturated rings. The number of ether oxygens (including phenoxy) is 1. The first-order valence-corrected chi connectivity index (χ1v) is 9.90. The van der Waals surface area contributed by atoms with Crippen LogP contribution < -0.4 is 9.75 Å². The topological polar surface area (TPSA) is 79.5 Å². The van der Waals surface area contributed by atoms with Crippen molar-refractivity contribution in [3.63, 3.8) is 0 Å². The molecule has 1 aliphatic heterocycles. The van der Waals surface area contributed by atoms with Crippen molar-refractivity contribution in [2.24, 2.45) is 15.3 Å². The molecule has 2 aromatic carbocycles. The zero-order chi connectivity index (χ0) is 20.4. The van der Waals surface area contributed by atoms with Crippen molar-refractivity contribution in [3.05, 3.63) is 59.5 Å². The van der Waals surface area contributed by atoms with Crippen molar-refractivity contribution in [1.82, 2.24) is 4.98 Å². The number of anilines is 1. The van der Waals surface area contributed by atoms with E-state index in [1.807, 2.05) is 60.8 Å². The first-order chi connectivity index (χ1) is 14.1. The molecular weight excluding hydrogens is 386 g/mol. The number of aryl methyl sites for hydroxylation is 1. The Morgan fingerprint density at radius 1 is 1.10 bits per heavy atom. The minimum atomic E-state index is -0.733. The van der Waals surface area contributed by atoms with Gasteiger partial charge in [0.2, 0.25) is 5.13 Å². The van der Waals surface area contributed by atoms with Crippen LogP contribution in [0, 0.1) is 6.92 Å². The van der Waals surface area contributed by atoms with Crippen molar-refractivity contribution >= 4 is 33.8 Å². The Morgan fingerprint density at radius 3 is 2.59 bits per heavy atom. The van der Waals surface area contributed by atoms with E-state index in [1.54, 1.807) is 14.0 Å². The molecule has 4 rings (SSSR count). The van der Waals surface area contributed by atoms with Crippen LogP contribution in [0.15, 0.2) is 69.2 Å². The lowest BCUT2D eigenvalue weighted by Crippen LogP contribution is -2.29. The molecule has 8 heteroatoms. The van der Waals surface area contributed by atoms with Crippen LogP contribution in [-0.4, -0.2) is 29.8 Å². The number of benzene rings is 2. The summed E-state index contributed by atoms with van der Waals surface area (Å²) < 4.78 is 5.18. The van der Waals surface area contributed by atoms with Crippen molar-refractivity contribution in [2.75, 3.05) is 12.1 Å². The summed E-state index contributed by atoms with van der Waals surface area (Å²) in [6, 6.07) is 14.5. The van der Waals surface area contributed by atoms with E-state index in [1.165, 1.54) is 16.3 Å². The second-order valence-electron chi connectivity index (χ2n) is 6.54. The Morgan fingerprint density at radius 2 is 1.86 bits per heavy atom. The third-order valence-electron chi connectivity index (χ3n) is 4.55. The minimum Gasteiger partial charge on any atom is -0.497 e. The Bertz CT molecular complexity index is 1100. The molecule has 0 N–H and O–H groups in total. The molecule has 1 aliphatic rings. The number of hydrogen-bond donors (Lipinski definition) is 0. The Balaban J connectivity index is 1.54. The van der Waals surface area contributed by atoms with Crippen LogP contribution in [0.4, 0.5) is 10.8 Å². The summed E-state index contributed by atoms with van der Waals surface area (Å²) in [7, 11) is 1.63. The summed E-state index contributed by atoms with van der Waals surface area (Å²) in [4.78, 5) is 17.4. The summed E-state index contributed by atoms with van der Waals surface area (Å²) in [5.41, 5.74) is 4.04. The number of carbonyl (C=O) groups excluding carboxylic acids is 1. The number of rotatable bonds is 5. The normalized spacial score (nSPS) is 16.5. The Labute approximate surface area is 172 Å². The standard InChI is InChI=1S/C21H19N5O2S/c1-13-6-4-5-7-17(13)23-24-19-14(2)25-26(20(19)27)21-22-18(12-29-21)15-8-10-16(28-3)11-9-15/h4-12,19H,1-3H3. The lowest BCUT2D eigenvalue weighted by Gasteiger charge is -2.08. The van der Waals surface area contributed by atoms with Crippen molar-refractivity contribution < 1.29 is 9.53 Å². The monoisotopic (exact) mass is 405 g/mol. The van der Waals surface area contributed by atoms with Gasteiger partial charge in [0.05, 0.1) is 24.2 Å². The Hall–Kier alpha value is -3.39. The van der Waals surface area contributed by atoms with E-state index >= 15 is 0 Å². The molecule has 0 aliphatic carbocycles. The van der Waals surface area contributed by atoms with E-state index < -0.39 is 6.04 Å². The number of carbonyl (C=O) groups is 1. The predicted octanol–water partition coefficient (Wildman–Crippen LogP) is 5.00. The third kappa shape index (κ3) is 3.79. The van der Waals surface area contributed by atoms with Gasteiger partial charge in [-0.2, -0.15) is 20.3 Å². The first kappa shape index (κ1) is 18.9. The van der Waals surface area contributed by atoms with E-state index in [9.17, 15) is 4.79 Å². The molecule has 146 valence electrons. The fourth-order valence-corrected chi connectivity index (χ4v) is 3.67. The van der Waals surface area contributed by atoms with E-state index in [0.717, 1.165) is 28.3 Å². The number of amides is 1. The van der Waals surface area contributed by atoms with E-state index in [4.69, 9.17) is 4.74 Å². The van der Waals surface area contributed by atoms with Gasteiger partial charge in [-0.15, -0.1) is 11.3 Å². The van der Waals surface area contributed by atoms with Gasteiger partial charge in [-0.25, -0.2) is 4.98 Å². The molecule has 0 radical (unpaired) electrons. The van der Waals surface area contributed by atoms with Crippen LogP contribution in [0.3, 0.4) is 0 Å². The highest BCUT2D eigenvalue weighted by molar-refractivity contribution is 7.14. The van der Waals surface area contributed by atoms with Crippen LogP contribution in [0.1, 0.15) is 12.5 Å². The minimum absolute atomic E-state index is 0.254. The number of aromatic nitrogens is 1. The maximum atomic E-state index is 12.9. The zero-order valence-electron chi connectivity index (χ0n) is 16.2. The highest BCUT2D eigenvalue weighted by Gasteiger charge is 2.36. The summed E-state index contributed by atoms with van der Waals surface area (Å²) in [5, 5.41) is 16.6. The largest absolute Gasteiger partial charge is 0.497 e. The molecule has 0 spiro atoms. The number of methoxy groups -OCH3 is 1. The molecule has 1 aromatic heterocycles. The highest BCUT2D eigenvalue weighted by atomic mass is 32.1. The van der Waals surface area contributed by atoms with Gasteiger partial charge < -0.3 is 4.74 Å². The van der Waals surface area contributed by atoms with Crippen LogP contribution in [0.25, 0.3) is 11.3 Å². The van der Waals surface area contributed by atoms with Crippen molar-refractivity contribution in [1.29, 1.82) is 0 Å². The summed E-state index contributed by atoms with van der Waals surface area (Å²) >= 11 is 1.36.